The van der Waals surface area contributed by atoms with Gasteiger partial charge in [0, 0.05) is 31.5 Å². The van der Waals surface area contributed by atoms with Crippen LogP contribution in [0.25, 0.3) is 0 Å². The molecule has 0 saturated carbocycles. The first kappa shape index (κ1) is 23.1. The van der Waals surface area contributed by atoms with E-state index in [2.05, 4.69) is 4.99 Å². The SMILES string of the molecule is CC(C)(C)C(N)=NCCO.COCCN(C)C(=N)C(C)(C)C. The van der Waals surface area contributed by atoms with Crippen LogP contribution in [-0.2, 0) is 4.74 Å². The van der Waals surface area contributed by atoms with Crippen LogP contribution in [0.15, 0.2) is 4.99 Å². The van der Waals surface area contributed by atoms with E-state index < -0.39 is 0 Å². The van der Waals surface area contributed by atoms with Crippen molar-refractivity contribution >= 4 is 11.7 Å². The quantitative estimate of drug-likeness (QED) is 0.534. The zero-order valence-corrected chi connectivity index (χ0v) is 15.7. The molecule has 0 amide bonds. The van der Waals surface area contributed by atoms with Gasteiger partial charge in [-0.1, -0.05) is 41.5 Å². The predicted molar refractivity (Wildman–Crippen MR) is 94.7 cm³/mol. The highest BCUT2D eigenvalue weighted by Crippen LogP contribution is 2.16. The van der Waals surface area contributed by atoms with Crippen LogP contribution in [-0.4, -0.2) is 62.1 Å². The van der Waals surface area contributed by atoms with Gasteiger partial charge in [0.1, 0.15) is 5.84 Å². The molecular formula is C16H36N4O2. The fourth-order valence-electron chi connectivity index (χ4n) is 1.32. The van der Waals surface area contributed by atoms with Crippen LogP contribution in [0.4, 0.5) is 0 Å². The second-order valence-electron chi connectivity index (χ2n) is 7.25. The normalized spacial score (nSPS) is 12.5. The Morgan fingerprint density at radius 1 is 1.18 bits per heavy atom. The zero-order chi connectivity index (χ0) is 18.0. The lowest BCUT2D eigenvalue weighted by atomic mass is 9.94. The lowest BCUT2D eigenvalue weighted by molar-refractivity contribution is 0.180. The Balaban J connectivity index is 0. The summed E-state index contributed by atoms with van der Waals surface area (Å²) < 4.78 is 4.94. The molecule has 0 aromatic rings. The molecule has 0 aliphatic rings. The summed E-state index contributed by atoms with van der Waals surface area (Å²) in [6, 6.07) is 0. The minimum atomic E-state index is -0.0742. The minimum absolute atomic E-state index is 0.0663. The van der Waals surface area contributed by atoms with Gasteiger partial charge < -0.3 is 20.5 Å². The van der Waals surface area contributed by atoms with Crippen molar-refractivity contribution < 1.29 is 9.84 Å². The maximum atomic E-state index is 8.42. The van der Waals surface area contributed by atoms with E-state index in [1.165, 1.54) is 0 Å². The largest absolute Gasteiger partial charge is 0.394 e. The molecule has 0 aromatic carbocycles. The second-order valence-corrected chi connectivity index (χ2v) is 7.25. The van der Waals surface area contributed by atoms with Crippen LogP contribution in [0.3, 0.4) is 0 Å². The number of aliphatic imine (C=N–C) groups is 1. The van der Waals surface area contributed by atoms with Gasteiger partial charge in [-0.25, -0.2) is 0 Å². The van der Waals surface area contributed by atoms with Crippen LogP contribution >= 0.6 is 0 Å². The van der Waals surface area contributed by atoms with Gasteiger partial charge in [-0.2, -0.15) is 0 Å². The van der Waals surface area contributed by atoms with Gasteiger partial charge in [0.05, 0.1) is 25.6 Å². The molecule has 0 bridgehead atoms. The van der Waals surface area contributed by atoms with E-state index in [-0.39, 0.29) is 17.4 Å². The lowest BCUT2D eigenvalue weighted by Gasteiger charge is -2.28. The van der Waals surface area contributed by atoms with E-state index in [1.807, 2.05) is 53.5 Å². The molecule has 0 aliphatic carbocycles. The molecule has 0 radical (unpaired) electrons. The first-order valence-corrected chi connectivity index (χ1v) is 7.58. The fourth-order valence-corrected chi connectivity index (χ4v) is 1.32. The summed E-state index contributed by atoms with van der Waals surface area (Å²) in [5.41, 5.74) is 5.43. The number of nitrogens with one attached hydrogen (secondary N) is 1. The maximum Gasteiger partial charge on any atom is 0.101 e. The molecule has 0 atom stereocenters. The smallest absolute Gasteiger partial charge is 0.101 e. The number of hydrogen-bond donors (Lipinski definition) is 3. The summed E-state index contributed by atoms with van der Waals surface area (Å²) in [5.74, 6) is 1.25. The number of amidine groups is 2. The van der Waals surface area contributed by atoms with Crippen LogP contribution in [0.1, 0.15) is 41.5 Å². The third-order valence-corrected chi connectivity index (χ3v) is 2.87. The van der Waals surface area contributed by atoms with E-state index in [9.17, 15) is 0 Å². The van der Waals surface area contributed by atoms with E-state index in [0.717, 1.165) is 6.54 Å². The lowest BCUT2D eigenvalue weighted by Crippen LogP contribution is -2.37. The number of hydrogen-bond acceptors (Lipinski definition) is 4. The number of ether oxygens (including phenoxy) is 1. The molecule has 0 spiro atoms. The van der Waals surface area contributed by atoms with E-state index in [4.69, 9.17) is 21.0 Å². The van der Waals surface area contributed by atoms with Crippen molar-refractivity contribution in [3.8, 4) is 0 Å². The predicted octanol–water partition coefficient (Wildman–Crippen LogP) is 1.97. The first-order valence-electron chi connectivity index (χ1n) is 7.58. The average molecular weight is 316 g/mol. The summed E-state index contributed by atoms with van der Waals surface area (Å²) in [6.45, 7) is 14.0. The molecule has 0 saturated heterocycles. The van der Waals surface area contributed by atoms with Gasteiger partial charge in [0.25, 0.3) is 0 Å². The van der Waals surface area contributed by atoms with Crippen molar-refractivity contribution in [2.45, 2.75) is 41.5 Å². The average Bonchev–Trinajstić information content (AvgIpc) is 2.39. The highest BCUT2D eigenvalue weighted by Gasteiger charge is 2.20. The number of likely N-dealkylation sites (N-methyl/N-ethyl adjacent to an activating group) is 1. The van der Waals surface area contributed by atoms with Crippen LogP contribution < -0.4 is 5.73 Å². The Labute approximate surface area is 136 Å². The van der Waals surface area contributed by atoms with Crippen molar-refractivity contribution in [1.29, 1.82) is 5.41 Å². The third-order valence-electron chi connectivity index (χ3n) is 2.87. The summed E-state index contributed by atoms with van der Waals surface area (Å²) in [4.78, 5) is 5.88. The number of nitrogens with two attached hydrogens (primary N) is 1. The molecule has 0 aromatic heterocycles. The number of nitrogens with zero attached hydrogens (tertiary/aromatic N) is 2. The van der Waals surface area contributed by atoms with Gasteiger partial charge in [0.2, 0.25) is 0 Å². The summed E-state index contributed by atoms with van der Waals surface area (Å²) in [5, 5.41) is 16.2. The van der Waals surface area contributed by atoms with Crippen LogP contribution in [0, 0.1) is 16.2 Å². The van der Waals surface area contributed by atoms with Crippen LogP contribution in [0.5, 0.6) is 0 Å². The standard InChI is InChI=1S/C9H20N2O.C7H16N2O/c1-9(2,3)8(10)11(4)6-7-12-5;1-7(2,3)6(8)9-4-5-10/h10H,6-7H2,1-5H3;10H,4-5H2,1-3H3,(H2,8,9). The van der Waals surface area contributed by atoms with Gasteiger partial charge in [-0.15, -0.1) is 0 Å². The van der Waals surface area contributed by atoms with Crippen molar-refractivity contribution in [3.63, 3.8) is 0 Å². The fraction of sp³-hybridized carbons (Fsp3) is 0.875. The van der Waals surface area contributed by atoms with E-state index >= 15 is 0 Å². The van der Waals surface area contributed by atoms with Gasteiger partial charge >= 0.3 is 0 Å². The molecule has 0 aliphatic heterocycles. The number of methoxy groups -OCH3 is 1. The highest BCUT2D eigenvalue weighted by molar-refractivity contribution is 5.85. The Hall–Kier alpha value is -1.14. The van der Waals surface area contributed by atoms with Crippen molar-refractivity contribution in [3.05, 3.63) is 0 Å². The molecular weight excluding hydrogens is 280 g/mol. The summed E-state index contributed by atoms with van der Waals surface area (Å²) in [6.07, 6.45) is 0. The van der Waals surface area contributed by atoms with E-state index in [0.29, 0.717) is 24.8 Å². The molecule has 0 fully saturated rings. The van der Waals surface area contributed by atoms with Crippen molar-refractivity contribution in [2.24, 2.45) is 21.6 Å². The molecule has 0 rings (SSSR count). The summed E-state index contributed by atoms with van der Waals surface area (Å²) in [7, 11) is 3.60. The van der Waals surface area contributed by atoms with Gasteiger partial charge in [0.15, 0.2) is 0 Å². The number of aliphatic hydroxyl groups excluding tert-OH is 1. The summed E-state index contributed by atoms with van der Waals surface area (Å²) >= 11 is 0. The van der Waals surface area contributed by atoms with Crippen molar-refractivity contribution in [2.75, 3.05) is 40.5 Å². The van der Waals surface area contributed by atoms with Crippen LogP contribution in [0.2, 0.25) is 0 Å². The molecule has 6 nitrogen and oxygen atoms in total. The molecule has 4 N–H and O–H groups in total. The van der Waals surface area contributed by atoms with Gasteiger partial charge in [-0.05, 0) is 0 Å². The second kappa shape index (κ2) is 10.6. The topological polar surface area (TPSA) is 94.9 Å². The van der Waals surface area contributed by atoms with Crippen molar-refractivity contribution in [1.82, 2.24) is 4.90 Å². The molecule has 6 heteroatoms. The number of rotatable bonds is 5. The van der Waals surface area contributed by atoms with Gasteiger partial charge in [-0.3, -0.25) is 10.4 Å². The first-order chi connectivity index (χ1) is 9.87. The Morgan fingerprint density at radius 2 is 1.68 bits per heavy atom. The molecule has 22 heavy (non-hydrogen) atoms. The Kier molecular flexibility index (Phi) is 11.1. The number of aliphatic hydroxyl groups is 1. The molecule has 132 valence electrons. The Morgan fingerprint density at radius 3 is 2.00 bits per heavy atom. The zero-order valence-electron chi connectivity index (χ0n) is 15.7. The highest BCUT2D eigenvalue weighted by atomic mass is 16.5. The van der Waals surface area contributed by atoms with E-state index in [1.54, 1.807) is 7.11 Å². The Bertz CT molecular complexity index is 341. The third kappa shape index (κ3) is 11.5. The molecule has 0 unspecified atom stereocenters. The monoisotopic (exact) mass is 316 g/mol. The minimum Gasteiger partial charge on any atom is -0.394 e. The maximum absolute atomic E-state index is 8.42. The molecule has 0 heterocycles.